The van der Waals surface area contributed by atoms with E-state index in [0.717, 1.165) is 0 Å². The highest BCUT2D eigenvalue weighted by Crippen LogP contribution is 1.93. The fourth-order valence-corrected chi connectivity index (χ4v) is 0.654. The van der Waals surface area contributed by atoms with Crippen LogP contribution in [0.4, 0.5) is 0 Å². The summed E-state index contributed by atoms with van der Waals surface area (Å²) in [5, 5.41) is 2.48. The second kappa shape index (κ2) is 3.09. The number of aryl methyl sites for hydroxylation is 1. The number of hydrogen-bond donors (Lipinski definition) is 1. The van der Waals surface area contributed by atoms with Crippen molar-refractivity contribution in [1.82, 2.24) is 15.3 Å². The van der Waals surface area contributed by atoms with Gasteiger partial charge in [-0.3, -0.25) is 4.79 Å². The molecule has 0 aliphatic carbocycles. The van der Waals surface area contributed by atoms with E-state index in [-0.39, 0.29) is 7.33 Å². The van der Waals surface area contributed by atoms with Crippen LogP contribution in [0.15, 0.2) is 12.4 Å². The van der Waals surface area contributed by atoms with Crippen LogP contribution in [-0.4, -0.2) is 22.9 Å². The van der Waals surface area contributed by atoms with Crippen LogP contribution in [0.3, 0.4) is 0 Å². The third-order valence-corrected chi connectivity index (χ3v) is 1.27. The summed E-state index contributed by atoms with van der Waals surface area (Å²) in [7, 11) is 1.57. The third-order valence-electron chi connectivity index (χ3n) is 1.27. The van der Waals surface area contributed by atoms with Crippen molar-refractivity contribution in [1.29, 1.82) is 0 Å². The van der Waals surface area contributed by atoms with Gasteiger partial charge in [0.25, 0.3) is 5.91 Å². The number of aromatic nitrogens is 2. The first-order valence-electron chi connectivity index (χ1n) is 3.25. The minimum absolute atomic E-state index is 0. The summed E-state index contributed by atoms with van der Waals surface area (Å²) in [4.78, 5) is 18.7. The van der Waals surface area contributed by atoms with Crippen molar-refractivity contribution < 1.29 is 6.22 Å². The molecule has 1 amide bonds. The molecule has 4 nitrogen and oxygen atoms in total. The zero-order valence-electron chi connectivity index (χ0n) is 6.46. The number of carbonyl (C=O) groups excluding carboxylic acids is 1. The summed E-state index contributed by atoms with van der Waals surface area (Å²) >= 11 is 0. The lowest BCUT2D eigenvalue weighted by atomic mass is 10.3. The van der Waals surface area contributed by atoms with E-state index in [1.54, 1.807) is 14.0 Å². The van der Waals surface area contributed by atoms with Crippen LogP contribution in [0.2, 0.25) is 0 Å². The van der Waals surface area contributed by atoms with Gasteiger partial charge in [0.15, 0.2) is 0 Å². The third kappa shape index (κ3) is 1.73. The van der Waals surface area contributed by atoms with Crippen molar-refractivity contribution in [2.45, 2.75) is 6.92 Å². The molecule has 1 heterocycles. The predicted octanol–water partition coefficient (Wildman–Crippen LogP) is 0.391. The highest BCUT2D eigenvalue weighted by atomic mass is 16.1. The average Bonchev–Trinajstić information content (AvgIpc) is 2.05. The second-order valence-electron chi connectivity index (χ2n) is 2.10. The first-order valence-corrected chi connectivity index (χ1v) is 3.25. The van der Waals surface area contributed by atoms with Gasteiger partial charge in [0.2, 0.25) is 0 Å². The number of hydrogen-bond acceptors (Lipinski definition) is 3. The maximum absolute atomic E-state index is 10.9. The Hall–Kier alpha value is -1.45. The van der Waals surface area contributed by atoms with Crippen LogP contribution < -0.4 is 5.32 Å². The number of carbonyl (C=O) groups is 1. The fraction of sp³-hybridized carbons (Fsp3) is 0.286. The Labute approximate surface area is 66.2 Å². The zero-order valence-corrected chi connectivity index (χ0v) is 6.46. The molecule has 1 N–H and O–H groups in total. The van der Waals surface area contributed by atoms with Crippen molar-refractivity contribution >= 4 is 5.91 Å². The first-order chi connectivity index (χ1) is 5.24. The van der Waals surface area contributed by atoms with Crippen molar-refractivity contribution in [3.8, 4) is 0 Å². The topological polar surface area (TPSA) is 54.9 Å². The lowest BCUT2D eigenvalue weighted by Gasteiger charge is -1.97. The van der Waals surface area contributed by atoms with Gasteiger partial charge < -0.3 is 5.32 Å². The Bertz CT molecular complexity index is 260. The van der Waals surface area contributed by atoms with Crippen LogP contribution in [0.5, 0.6) is 0 Å². The molecule has 1 aromatic rings. The molecular formula is C7H11N3O. The average molecular weight is 153 g/mol. The molecule has 0 aliphatic rings. The molecular weight excluding hydrogens is 142 g/mol. The molecule has 0 fully saturated rings. The largest absolute Gasteiger partial charge is 0.355 e. The monoisotopic (exact) mass is 153 g/mol. The Morgan fingerprint density at radius 2 is 2.09 bits per heavy atom. The Morgan fingerprint density at radius 3 is 2.55 bits per heavy atom. The molecule has 0 bridgehead atoms. The van der Waals surface area contributed by atoms with Crippen LogP contribution in [0.25, 0.3) is 0 Å². The van der Waals surface area contributed by atoms with Gasteiger partial charge in [-0.1, -0.05) is 0 Å². The van der Waals surface area contributed by atoms with Crippen molar-refractivity contribution in [2.75, 3.05) is 7.05 Å². The molecule has 4 heteroatoms. The van der Waals surface area contributed by atoms with Gasteiger partial charge in [-0.2, -0.15) is 0 Å². The summed E-state index contributed by atoms with van der Waals surface area (Å²) < 4.78 is 0. The highest BCUT2D eigenvalue weighted by molar-refractivity contribution is 5.93. The van der Waals surface area contributed by atoms with Crippen LogP contribution >= 0.6 is 0 Å². The number of amides is 1. The molecule has 0 aliphatic heterocycles. The standard InChI is InChI=1S/C7H9N3O.H2/c1-5-9-3-6(4-10-5)7(11)8-2;/h3-4H,1-2H3,(H,8,11);1H. The maximum atomic E-state index is 10.9. The normalized spacial score (nSPS) is 9.27. The molecule has 60 valence electrons. The maximum Gasteiger partial charge on any atom is 0.254 e. The molecule has 0 spiro atoms. The van der Waals surface area contributed by atoms with E-state index >= 15 is 0 Å². The van der Waals surface area contributed by atoms with Crippen molar-refractivity contribution in [3.63, 3.8) is 0 Å². The smallest absolute Gasteiger partial charge is 0.254 e. The highest BCUT2D eigenvalue weighted by Gasteiger charge is 2.01. The SMILES string of the molecule is CNC(=O)c1cnc(C)nc1.[HH]. The molecule has 0 saturated carbocycles. The minimum atomic E-state index is -0.162. The van der Waals surface area contributed by atoms with E-state index < -0.39 is 0 Å². The van der Waals surface area contributed by atoms with Crippen molar-refractivity contribution in [2.24, 2.45) is 0 Å². The minimum Gasteiger partial charge on any atom is -0.355 e. The fourth-order valence-electron chi connectivity index (χ4n) is 0.654. The lowest BCUT2D eigenvalue weighted by molar-refractivity contribution is 0.0962. The molecule has 11 heavy (non-hydrogen) atoms. The van der Waals surface area contributed by atoms with Gasteiger partial charge in [-0.25, -0.2) is 9.97 Å². The zero-order chi connectivity index (χ0) is 8.27. The summed E-state index contributed by atoms with van der Waals surface area (Å²) in [6, 6.07) is 0. The quantitative estimate of drug-likeness (QED) is 0.635. The first kappa shape index (κ1) is 7.65. The van der Waals surface area contributed by atoms with Crippen LogP contribution in [-0.2, 0) is 0 Å². The molecule has 0 unspecified atom stereocenters. The molecule has 1 aromatic heterocycles. The molecule has 0 atom stereocenters. The van der Waals surface area contributed by atoms with E-state index in [1.807, 2.05) is 0 Å². The second-order valence-corrected chi connectivity index (χ2v) is 2.10. The summed E-state index contributed by atoms with van der Waals surface area (Å²) in [5.74, 6) is 0.502. The van der Waals surface area contributed by atoms with Gasteiger partial charge in [0, 0.05) is 20.9 Å². The van der Waals surface area contributed by atoms with E-state index in [9.17, 15) is 4.79 Å². The summed E-state index contributed by atoms with van der Waals surface area (Å²) in [6.45, 7) is 1.77. The number of rotatable bonds is 1. The summed E-state index contributed by atoms with van der Waals surface area (Å²) in [5.41, 5.74) is 0.484. The van der Waals surface area contributed by atoms with Crippen LogP contribution in [0, 0.1) is 6.92 Å². The lowest BCUT2D eigenvalue weighted by Crippen LogP contribution is -2.18. The van der Waals surface area contributed by atoms with Gasteiger partial charge in [-0.15, -0.1) is 0 Å². The van der Waals surface area contributed by atoms with Gasteiger partial charge >= 0.3 is 0 Å². The summed E-state index contributed by atoms with van der Waals surface area (Å²) in [6.07, 6.45) is 3.00. The Balaban J connectivity index is 0.00000121. The van der Waals surface area contributed by atoms with Gasteiger partial charge in [-0.05, 0) is 6.92 Å². The van der Waals surface area contributed by atoms with Gasteiger partial charge in [0.05, 0.1) is 5.56 Å². The molecule has 1 rings (SSSR count). The Kier molecular flexibility index (Phi) is 2.15. The number of nitrogens with zero attached hydrogens (tertiary/aromatic N) is 2. The van der Waals surface area contributed by atoms with Crippen molar-refractivity contribution in [3.05, 3.63) is 23.8 Å². The van der Waals surface area contributed by atoms with E-state index in [1.165, 1.54) is 12.4 Å². The van der Waals surface area contributed by atoms with E-state index in [4.69, 9.17) is 0 Å². The predicted molar refractivity (Wildman–Crippen MR) is 42.3 cm³/mol. The van der Waals surface area contributed by atoms with Gasteiger partial charge in [0.1, 0.15) is 5.82 Å². The molecule has 0 radical (unpaired) electrons. The van der Waals surface area contributed by atoms with E-state index in [2.05, 4.69) is 15.3 Å². The van der Waals surface area contributed by atoms with Crippen LogP contribution in [0.1, 0.15) is 17.6 Å². The molecule has 0 saturated heterocycles. The number of nitrogens with one attached hydrogen (secondary N) is 1. The Morgan fingerprint density at radius 1 is 1.55 bits per heavy atom. The van der Waals surface area contributed by atoms with E-state index in [0.29, 0.717) is 11.4 Å². The molecule has 0 aromatic carbocycles.